The molecule has 0 aliphatic carbocycles. The van der Waals surface area contributed by atoms with Crippen LogP contribution in [0.3, 0.4) is 0 Å². The minimum absolute atomic E-state index is 0.0377. The Morgan fingerprint density at radius 2 is 2.27 bits per heavy atom. The summed E-state index contributed by atoms with van der Waals surface area (Å²) in [7, 11) is 0. The summed E-state index contributed by atoms with van der Waals surface area (Å²) in [6.45, 7) is 1.89. The minimum Gasteiger partial charge on any atom is -0.323 e. The monoisotopic (exact) mass is 226 g/mol. The van der Waals surface area contributed by atoms with Crippen LogP contribution >= 0.6 is 11.6 Å². The SMILES string of the molecule is CCC(C#N)C(N)c1ccc(F)c(Cl)c1. The highest BCUT2D eigenvalue weighted by atomic mass is 35.5. The van der Waals surface area contributed by atoms with Gasteiger partial charge in [0.05, 0.1) is 17.0 Å². The summed E-state index contributed by atoms with van der Waals surface area (Å²) in [5.74, 6) is -0.746. The van der Waals surface area contributed by atoms with Crippen LogP contribution in [0.5, 0.6) is 0 Å². The van der Waals surface area contributed by atoms with Crippen molar-refractivity contribution >= 4 is 11.6 Å². The summed E-state index contributed by atoms with van der Waals surface area (Å²) in [6, 6.07) is 6.00. The molecule has 80 valence electrons. The average molecular weight is 227 g/mol. The molecule has 1 aromatic carbocycles. The lowest BCUT2D eigenvalue weighted by Crippen LogP contribution is -2.19. The van der Waals surface area contributed by atoms with Crippen molar-refractivity contribution in [2.24, 2.45) is 11.7 Å². The molecule has 0 amide bonds. The number of halogens is 2. The Hall–Kier alpha value is -1.11. The predicted octanol–water partition coefficient (Wildman–Crippen LogP) is 3.03. The van der Waals surface area contributed by atoms with Gasteiger partial charge in [0, 0.05) is 6.04 Å². The Bertz CT molecular complexity index is 387. The molecule has 2 N–H and O–H groups in total. The smallest absolute Gasteiger partial charge is 0.141 e. The third kappa shape index (κ3) is 2.68. The van der Waals surface area contributed by atoms with Crippen LogP contribution in [0.25, 0.3) is 0 Å². The lowest BCUT2D eigenvalue weighted by Gasteiger charge is -2.16. The lowest BCUT2D eigenvalue weighted by atomic mass is 9.93. The van der Waals surface area contributed by atoms with Crippen molar-refractivity contribution in [3.8, 4) is 6.07 Å². The highest BCUT2D eigenvalue weighted by Gasteiger charge is 2.17. The van der Waals surface area contributed by atoms with Crippen LogP contribution < -0.4 is 5.73 Å². The van der Waals surface area contributed by atoms with Gasteiger partial charge in [-0.1, -0.05) is 24.6 Å². The van der Waals surface area contributed by atoms with Crippen LogP contribution in [0.4, 0.5) is 4.39 Å². The molecule has 0 bridgehead atoms. The summed E-state index contributed by atoms with van der Waals surface area (Å²) < 4.78 is 12.9. The fourth-order valence-electron chi connectivity index (χ4n) is 1.38. The molecule has 4 heteroatoms. The van der Waals surface area contributed by atoms with E-state index in [0.29, 0.717) is 12.0 Å². The second kappa shape index (κ2) is 5.11. The Morgan fingerprint density at radius 1 is 1.60 bits per heavy atom. The first-order valence-electron chi connectivity index (χ1n) is 4.70. The van der Waals surface area contributed by atoms with Crippen LogP contribution in [-0.4, -0.2) is 0 Å². The third-order valence-corrected chi connectivity index (χ3v) is 2.66. The summed E-state index contributed by atoms with van der Waals surface area (Å²) in [5, 5.41) is 8.88. The zero-order chi connectivity index (χ0) is 11.4. The van der Waals surface area contributed by atoms with Gasteiger partial charge in [0.25, 0.3) is 0 Å². The lowest BCUT2D eigenvalue weighted by molar-refractivity contribution is 0.516. The zero-order valence-electron chi connectivity index (χ0n) is 8.37. The van der Waals surface area contributed by atoms with Gasteiger partial charge in [-0.25, -0.2) is 4.39 Å². The van der Waals surface area contributed by atoms with E-state index in [1.165, 1.54) is 12.1 Å². The van der Waals surface area contributed by atoms with Gasteiger partial charge in [-0.15, -0.1) is 0 Å². The zero-order valence-corrected chi connectivity index (χ0v) is 9.13. The molecule has 0 saturated carbocycles. The van der Waals surface area contributed by atoms with Gasteiger partial charge in [0.2, 0.25) is 0 Å². The van der Waals surface area contributed by atoms with E-state index in [-0.39, 0.29) is 10.9 Å². The number of rotatable bonds is 3. The fraction of sp³-hybridized carbons (Fsp3) is 0.364. The fourth-order valence-corrected chi connectivity index (χ4v) is 1.57. The van der Waals surface area contributed by atoms with Gasteiger partial charge in [0.1, 0.15) is 5.82 Å². The Morgan fingerprint density at radius 3 is 2.73 bits per heavy atom. The molecule has 1 rings (SSSR count). The largest absolute Gasteiger partial charge is 0.323 e. The number of nitrogens with zero attached hydrogens (tertiary/aromatic N) is 1. The second-order valence-corrected chi connectivity index (χ2v) is 3.75. The first-order chi connectivity index (χ1) is 7.10. The summed E-state index contributed by atoms with van der Waals surface area (Å²) >= 11 is 5.64. The number of hydrogen-bond donors (Lipinski definition) is 1. The molecule has 0 aliphatic heterocycles. The maximum atomic E-state index is 12.9. The van der Waals surface area contributed by atoms with Gasteiger partial charge < -0.3 is 5.73 Å². The summed E-state index contributed by atoms with van der Waals surface area (Å²) in [6.07, 6.45) is 0.659. The van der Waals surface area contributed by atoms with Gasteiger partial charge in [0.15, 0.2) is 0 Å². The van der Waals surface area contributed by atoms with E-state index >= 15 is 0 Å². The number of nitriles is 1. The average Bonchev–Trinajstić information content (AvgIpc) is 2.23. The van der Waals surface area contributed by atoms with E-state index < -0.39 is 11.9 Å². The molecule has 0 heterocycles. The summed E-state index contributed by atoms with van der Waals surface area (Å²) in [4.78, 5) is 0. The van der Waals surface area contributed by atoms with E-state index in [1.807, 2.05) is 6.92 Å². The minimum atomic E-state index is -0.474. The van der Waals surface area contributed by atoms with E-state index in [2.05, 4.69) is 6.07 Å². The molecule has 0 aliphatic rings. The van der Waals surface area contributed by atoms with Gasteiger partial charge in [-0.2, -0.15) is 5.26 Å². The standard InChI is InChI=1S/C11H12ClFN2/c1-2-7(6-14)11(15)8-3-4-10(13)9(12)5-8/h3-5,7,11H,2,15H2,1H3. The molecule has 1 aromatic rings. The molecule has 2 atom stereocenters. The molecule has 2 nitrogen and oxygen atoms in total. The Labute approximate surface area is 93.5 Å². The molecule has 0 fully saturated rings. The van der Waals surface area contributed by atoms with Crippen molar-refractivity contribution < 1.29 is 4.39 Å². The van der Waals surface area contributed by atoms with Gasteiger partial charge in [-0.05, 0) is 24.1 Å². The van der Waals surface area contributed by atoms with E-state index in [4.69, 9.17) is 22.6 Å². The number of nitrogens with two attached hydrogens (primary N) is 1. The van der Waals surface area contributed by atoms with Crippen LogP contribution in [0.1, 0.15) is 24.9 Å². The number of benzene rings is 1. The maximum absolute atomic E-state index is 12.9. The van der Waals surface area contributed by atoms with Crippen molar-refractivity contribution in [3.05, 3.63) is 34.6 Å². The first kappa shape index (κ1) is 12.0. The van der Waals surface area contributed by atoms with Crippen LogP contribution in [0.15, 0.2) is 18.2 Å². The van der Waals surface area contributed by atoms with Gasteiger partial charge in [-0.3, -0.25) is 0 Å². The third-order valence-electron chi connectivity index (χ3n) is 2.37. The normalized spacial score (nSPS) is 14.3. The number of hydrogen-bond acceptors (Lipinski definition) is 2. The predicted molar refractivity (Wildman–Crippen MR) is 57.7 cm³/mol. The summed E-state index contributed by atoms with van der Waals surface area (Å²) in [5.41, 5.74) is 6.57. The maximum Gasteiger partial charge on any atom is 0.141 e. The van der Waals surface area contributed by atoms with Crippen LogP contribution in [0, 0.1) is 23.1 Å². The second-order valence-electron chi connectivity index (χ2n) is 3.34. The Balaban J connectivity index is 2.97. The van der Waals surface area contributed by atoms with Crippen LogP contribution in [0.2, 0.25) is 5.02 Å². The highest BCUT2D eigenvalue weighted by Crippen LogP contribution is 2.25. The molecule has 0 aromatic heterocycles. The van der Waals surface area contributed by atoms with E-state index in [1.54, 1.807) is 6.07 Å². The van der Waals surface area contributed by atoms with Crippen molar-refractivity contribution in [1.82, 2.24) is 0 Å². The van der Waals surface area contributed by atoms with Crippen molar-refractivity contribution in [2.75, 3.05) is 0 Å². The van der Waals surface area contributed by atoms with E-state index in [9.17, 15) is 4.39 Å². The quantitative estimate of drug-likeness (QED) is 0.861. The molecular weight excluding hydrogens is 215 g/mol. The van der Waals surface area contributed by atoms with Crippen molar-refractivity contribution in [3.63, 3.8) is 0 Å². The highest BCUT2D eigenvalue weighted by molar-refractivity contribution is 6.30. The topological polar surface area (TPSA) is 49.8 Å². The molecule has 15 heavy (non-hydrogen) atoms. The molecule has 0 spiro atoms. The van der Waals surface area contributed by atoms with E-state index in [0.717, 1.165) is 0 Å². The molecule has 0 saturated heterocycles. The molecule has 0 radical (unpaired) electrons. The molecule has 2 unspecified atom stereocenters. The van der Waals surface area contributed by atoms with Crippen molar-refractivity contribution in [2.45, 2.75) is 19.4 Å². The Kier molecular flexibility index (Phi) is 4.07. The molecular formula is C11H12ClFN2. The first-order valence-corrected chi connectivity index (χ1v) is 5.08. The van der Waals surface area contributed by atoms with Crippen molar-refractivity contribution in [1.29, 1.82) is 5.26 Å². The van der Waals surface area contributed by atoms with Crippen LogP contribution in [-0.2, 0) is 0 Å². The van der Waals surface area contributed by atoms with Gasteiger partial charge >= 0.3 is 0 Å².